The normalized spacial score (nSPS) is 16.0. The van der Waals surface area contributed by atoms with Crippen LogP contribution in [0.1, 0.15) is 43.5 Å². The number of carbonyl (C=O) groups excluding carboxylic acids is 2. The molecule has 1 saturated heterocycles. The van der Waals surface area contributed by atoms with Crippen molar-refractivity contribution in [2.45, 2.75) is 19.3 Å². The van der Waals surface area contributed by atoms with Crippen molar-refractivity contribution in [2.75, 3.05) is 33.4 Å². The molecule has 1 aromatic carbocycles. The Bertz CT molecular complexity index is 1130. The topological polar surface area (TPSA) is 91.8 Å². The summed E-state index contributed by atoms with van der Waals surface area (Å²) in [5, 5.41) is 12.8. The van der Waals surface area contributed by atoms with E-state index in [1.807, 2.05) is 36.1 Å². The van der Waals surface area contributed by atoms with E-state index in [1.165, 1.54) is 11.3 Å². The van der Waals surface area contributed by atoms with Gasteiger partial charge in [0.25, 0.3) is 11.8 Å². The summed E-state index contributed by atoms with van der Waals surface area (Å²) in [4.78, 5) is 33.7. The number of aryl methyl sites for hydroxylation is 1. The third kappa shape index (κ3) is 4.00. The fraction of sp³-hybridized carbons (Fsp3) is 0.348. The van der Waals surface area contributed by atoms with Gasteiger partial charge in [-0.25, -0.2) is 4.98 Å². The van der Waals surface area contributed by atoms with Crippen molar-refractivity contribution in [1.82, 2.24) is 15.2 Å². The number of nitrogens with one attached hydrogen (secondary N) is 1. The van der Waals surface area contributed by atoms with Crippen LogP contribution in [0.5, 0.6) is 5.75 Å². The fourth-order valence-corrected chi connectivity index (χ4v) is 5.36. The summed E-state index contributed by atoms with van der Waals surface area (Å²) < 4.78 is 5.47. The first kappa shape index (κ1) is 21.3. The number of likely N-dealkylation sites (tertiary alicyclic amines) is 1. The predicted octanol–water partition coefficient (Wildman–Crippen LogP) is 2.97. The molecule has 3 aromatic rings. The van der Waals surface area contributed by atoms with Gasteiger partial charge in [0.2, 0.25) is 0 Å². The van der Waals surface area contributed by atoms with Crippen LogP contribution in [0.4, 0.5) is 0 Å². The van der Waals surface area contributed by atoms with Gasteiger partial charge in [-0.15, -0.1) is 11.3 Å². The summed E-state index contributed by atoms with van der Waals surface area (Å²) in [5.41, 5.74) is 2.41. The van der Waals surface area contributed by atoms with Crippen molar-refractivity contribution in [3.05, 3.63) is 58.1 Å². The number of benzene rings is 1. The van der Waals surface area contributed by atoms with Gasteiger partial charge in [-0.1, -0.05) is 18.2 Å². The van der Waals surface area contributed by atoms with E-state index in [1.54, 1.807) is 19.4 Å². The molecule has 1 fully saturated rings. The largest absolute Gasteiger partial charge is 0.496 e. The maximum Gasteiger partial charge on any atom is 0.261 e. The predicted molar refractivity (Wildman–Crippen MR) is 120 cm³/mol. The number of carbonyl (C=O) groups is 2. The van der Waals surface area contributed by atoms with Crippen LogP contribution in [-0.2, 0) is 0 Å². The van der Waals surface area contributed by atoms with Crippen molar-refractivity contribution in [3.8, 4) is 5.75 Å². The van der Waals surface area contributed by atoms with Crippen LogP contribution in [0, 0.1) is 6.92 Å². The van der Waals surface area contributed by atoms with E-state index < -0.39 is 0 Å². The Morgan fingerprint density at radius 3 is 2.94 bits per heavy atom. The molecular weight excluding hydrogens is 414 g/mol. The van der Waals surface area contributed by atoms with Crippen LogP contribution >= 0.6 is 11.3 Å². The number of methoxy groups -OCH3 is 1. The molecule has 2 amide bonds. The number of ether oxygens (including phenoxy) is 1. The number of pyridine rings is 1. The van der Waals surface area contributed by atoms with Gasteiger partial charge in [-0.2, -0.15) is 0 Å². The fourth-order valence-electron chi connectivity index (χ4n) is 4.22. The number of hydrogen-bond donors (Lipinski definition) is 2. The zero-order chi connectivity index (χ0) is 22.0. The van der Waals surface area contributed by atoms with Crippen LogP contribution in [0.15, 0.2) is 36.5 Å². The summed E-state index contributed by atoms with van der Waals surface area (Å²) in [5.74, 6) is 0.363. The second kappa shape index (κ2) is 9.03. The van der Waals surface area contributed by atoms with Gasteiger partial charge < -0.3 is 20.1 Å². The molecular formula is C23H25N3O4S. The van der Waals surface area contributed by atoms with E-state index in [2.05, 4.69) is 10.3 Å². The number of fused-ring (bicyclic) bond motifs is 1. The summed E-state index contributed by atoms with van der Waals surface area (Å²) in [6, 6.07) is 9.41. The van der Waals surface area contributed by atoms with E-state index in [0.29, 0.717) is 29.3 Å². The van der Waals surface area contributed by atoms with Crippen LogP contribution in [0.2, 0.25) is 0 Å². The molecule has 2 N–H and O–H groups in total. The van der Waals surface area contributed by atoms with Crippen molar-refractivity contribution in [1.29, 1.82) is 0 Å². The van der Waals surface area contributed by atoms with Crippen LogP contribution in [-0.4, -0.2) is 60.2 Å². The highest BCUT2D eigenvalue weighted by Crippen LogP contribution is 2.40. The summed E-state index contributed by atoms with van der Waals surface area (Å²) in [6.07, 6.45) is 2.48. The van der Waals surface area contributed by atoms with Gasteiger partial charge in [0.1, 0.15) is 10.6 Å². The first-order chi connectivity index (χ1) is 15.0. The minimum Gasteiger partial charge on any atom is -0.496 e. The molecule has 1 aliphatic heterocycles. The monoisotopic (exact) mass is 439 g/mol. The highest BCUT2D eigenvalue weighted by Gasteiger charge is 2.34. The second-order valence-electron chi connectivity index (χ2n) is 7.57. The Labute approximate surface area is 184 Å². The van der Waals surface area contributed by atoms with Crippen molar-refractivity contribution in [2.24, 2.45) is 0 Å². The van der Waals surface area contributed by atoms with Crippen molar-refractivity contribution < 1.29 is 19.4 Å². The SMILES string of the molecule is COc1c(C)cccc1C(=O)N1CC[C@@H](c2c(C(=O)NCCO)sc3ncccc23)C1. The second-order valence-corrected chi connectivity index (χ2v) is 8.57. The lowest BCUT2D eigenvalue weighted by Crippen LogP contribution is -2.29. The standard InChI is InChI=1S/C23H25N3O4S/c1-14-5-3-6-17(19(14)30-2)23(29)26-11-8-15(13-26)18-16-7-4-9-25-22(16)31-20(18)21(28)24-10-12-27/h3-7,9,15,27H,8,10-13H2,1-2H3,(H,24,28)/t15-/m1/s1. The third-order valence-electron chi connectivity index (χ3n) is 5.64. The Hall–Kier alpha value is -2.97. The molecule has 1 atom stereocenters. The van der Waals surface area contributed by atoms with E-state index in [4.69, 9.17) is 9.84 Å². The molecule has 0 unspecified atom stereocenters. The molecule has 162 valence electrons. The van der Waals surface area contributed by atoms with Crippen molar-refractivity contribution in [3.63, 3.8) is 0 Å². The van der Waals surface area contributed by atoms with Crippen LogP contribution in [0.3, 0.4) is 0 Å². The average molecular weight is 440 g/mol. The number of aromatic nitrogens is 1. The molecule has 7 nitrogen and oxygen atoms in total. The zero-order valence-corrected chi connectivity index (χ0v) is 18.4. The zero-order valence-electron chi connectivity index (χ0n) is 17.6. The maximum absolute atomic E-state index is 13.2. The lowest BCUT2D eigenvalue weighted by molar-refractivity contribution is 0.0787. The Balaban J connectivity index is 1.64. The third-order valence-corrected chi connectivity index (χ3v) is 6.77. The highest BCUT2D eigenvalue weighted by atomic mass is 32.1. The molecule has 0 spiro atoms. The highest BCUT2D eigenvalue weighted by molar-refractivity contribution is 7.20. The Kier molecular flexibility index (Phi) is 6.20. The van der Waals surface area contributed by atoms with Crippen molar-refractivity contribution >= 4 is 33.4 Å². The number of aliphatic hydroxyl groups excluding tert-OH is 1. The first-order valence-corrected chi connectivity index (χ1v) is 11.1. The molecule has 31 heavy (non-hydrogen) atoms. The van der Waals surface area contributed by atoms with E-state index >= 15 is 0 Å². The summed E-state index contributed by atoms with van der Waals surface area (Å²) in [7, 11) is 1.58. The molecule has 0 saturated carbocycles. The average Bonchev–Trinajstić information content (AvgIpc) is 3.41. The van der Waals surface area contributed by atoms with E-state index in [-0.39, 0.29) is 30.9 Å². The lowest BCUT2D eigenvalue weighted by atomic mass is 9.95. The van der Waals surface area contributed by atoms with Gasteiger partial charge >= 0.3 is 0 Å². The Morgan fingerprint density at radius 2 is 2.16 bits per heavy atom. The van der Waals surface area contributed by atoms with Crippen LogP contribution < -0.4 is 10.1 Å². The van der Waals surface area contributed by atoms with Gasteiger partial charge in [-0.3, -0.25) is 9.59 Å². The number of para-hydroxylation sites is 1. The van der Waals surface area contributed by atoms with E-state index in [9.17, 15) is 9.59 Å². The smallest absolute Gasteiger partial charge is 0.261 e. The molecule has 8 heteroatoms. The molecule has 3 heterocycles. The number of amides is 2. The summed E-state index contributed by atoms with van der Waals surface area (Å²) in [6.45, 7) is 3.13. The van der Waals surface area contributed by atoms with Gasteiger partial charge in [0.05, 0.1) is 24.2 Å². The van der Waals surface area contributed by atoms with Crippen LogP contribution in [0.25, 0.3) is 10.2 Å². The van der Waals surface area contributed by atoms with Gasteiger partial charge in [-0.05, 0) is 36.6 Å². The van der Waals surface area contributed by atoms with Gasteiger partial charge in [0, 0.05) is 37.1 Å². The molecule has 0 radical (unpaired) electrons. The Morgan fingerprint density at radius 1 is 1.32 bits per heavy atom. The number of thiophene rings is 1. The molecule has 2 aromatic heterocycles. The molecule has 4 rings (SSSR count). The quantitative estimate of drug-likeness (QED) is 0.616. The van der Waals surface area contributed by atoms with E-state index in [0.717, 1.165) is 27.8 Å². The maximum atomic E-state index is 13.2. The molecule has 0 aliphatic carbocycles. The minimum atomic E-state index is -0.211. The number of rotatable bonds is 6. The lowest BCUT2D eigenvalue weighted by Gasteiger charge is -2.19. The van der Waals surface area contributed by atoms with Gasteiger partial charge in [0.15, 0.2) is 0 Å². The summed E-state index contributed by atoms with van der Waals surface area (Å²) >= 11 is 1.36. The number of hydrogen-bond acceptors (Lipinski definition) is 6. The molecule has 1 aliphatic rings. The first-order valence-electron chi connectivity index (χ1n) is 10.2. The number of nitrogens with zero attached hydrogens (tertiary/aromatic N) is 2. The number of aliphatic hydroxyl groups is 1. The molecule has 0 bridgehead atoms. The minimum absolute atomic E-state index is 0.0348.